The van der Waals surface area contributed by atoms with E-state index in [-0.39, 0.29) is 0 Å². The molecule has 0 radical (unpaired) electrons. The fourth-order valence-corrected chi connectivity index (χ4v) is 0.547. The first kappa shape index (κ1) is 12.3. The molecule has 0 aliphatic carbocycles. The molecule has 2 N–H and O–H groups in total. The summed E-state index contributed by atoms with van der Waals surface area (Å²) < 4.78 is 13.3. The highest BCUT2D eigenvalue weighted by atomic mass is 31.2. The van der Waals surface area contributed by atoms with Crippen LogP contribution in [0.5, 0.6) is 0 Å². The van der Waals surface area contributed by atoms with Crippen molar-refractivity contribution < 1.29 is 33.4 Å². The Bertz CT molecular complexity index is 211. The average Bonchev–Trinajstić information content (AvgIpc) is 1.79. The SMILES string of the molecule is C1COO1.C=CC(=O)OP(=O)(O)O. The van der Waals surface area contributed by atoms with Crippen LogP contribution in [0.2, 0.25) is 0 Å². The first-order valence-corrected chi connectivity index (χ1v) is 4.64. The van der Waals surface area contributed by atoms with Crippen LogP contribution in [0.1, 0.15) is 0 Å². The summed E-state index contributed by atoms with van der Waals surface area (Å²) in [5.41, 5.74) is 0. The van der Waals surface area contributed by atoms with E-state index in [1.165, 1.54) is 0 Å². The van der Waals surface area contributed by atoms with Gasteiger partial charge < -0.3 is 4.52 Å². The molecule has 13 heavy (non-hydrogen) atoms. The van der Waals surface area contributed by atoms with Crippen LogP contribution >= 0.6 is 7.82 Å². The third-order valence-electron chi connectivity index (χ3n) is 0.709. The maximum Gasteiger partial charge on any atom is 0.527 e. The van der Waals surface area contributed by atoms with E-state index in [0.29, 0.717) is 6.08 Å². The second-order valence-corrected chi connectivity index (χ2v) is 2.91. The van der Waals surface area contributed by atoms with Crippen molar-refractivity contribution in [2.45, 2.75) is 0 Å². The molecule has 0 unspecified atom stereocenters. The second-order valence-electron chi connectivity index (χ2n) is 1.75. The number of hydrogen-bond acceptors (Lipinski definition) is 5. The van der Waals surface area contributed by atoms with E-state index in [2.05, 4.69) is 20.9 Å². The van der Waals surface area contributed by atoms with Crippen LogP contribution in [0.3, 0.4) is 0 Å². The lowest BCUT2D eigenvalue weighted by Crippen LogP contribution is -2.14. The van der Waals surface area contributed by atoms with E-state index in [1.807, 2.05) is 0 Å². The van der Waals surface area contributed by atoms with E-state index in [1.54, 1.807) is 0 Å². The third kappa shape index (κ3) is 9.19. The maximum atomic E-state index is 9.99. The Hall–Kier alpha value is -0.720. The molecule has 1 heterocycles. The van der Waals surface area contributed by atoms with E-state index >= 15 is 0 Å². The lowest BCUT2D eigenvalue weighted by atomic mass is 10.7. The van der Waals surface area contributed by atoms with Gasteiger partial charge in [0, 0.05) is 6.08 Å². The summed E-state index contributed by atoms with van der Waals surface area (Å²) in [5.74, 6) is -1.14. The van der Waals surface area contributed by atoms with Crippen LogP contribution in [0.15, 0.2) is 12.7 Å². The van der Waals surface area contributed by atoms with Gasteiger partial charge in [-0.1, -0.05) is 6.58 Å². The topological polar surface area (TPSA) is 102 Å². The van der Waals surface area contributed by atoms with E-state index < -0.39 is 13.8 Å². The minimum atomic E-state index is -4.66. The van der Waals surface area contributed by atoms with Gasteiger partial charge >= 0.3 is 13.8 Å². The summed E-state index contributed by atoms with van der Waals surface area (Å²) in [6, 6.07) is 0. The quantitative estimate of drug-likeness (QED) is 0.369. The summed E-state index contributed by atoms with van der Waals surface area (Å²) in [4.78, 5) is 34.3. The Kier molecular flexibility index (Phi) is 5.52. The maximum absolute atomic E-state index is 9.99. The zero-order chi connectivity index (χ0) is 10.3. The molecule has 0 atom stereocenters. The number of phosphoric acid groups is 1. The van der Waals surface area contributed by atoms with Gasteiger partial charge in [0.05, 0.1) is 0 Å². The van der Waals surface area contributed by atoms with Crippen LogP contribution in [0.25, 0.3) is 0 Å². The Morgan fingerprint density at radius 2 is 1.85 bits per heavy atom. The third-order valence-corrected chi connectivity index (χ3v) is 1.13. The van der Waals surface area contributed by atoms with Gasteiger partial charge in [0.1, 0.15) is 13.2 Å². The van der Waals surface area contributed by atoms with E-state index in [0.717, 1.165) is 13.2 Å². The zero-order valence-corrected chi connectivity index (χ0v) is 7.48. The van der Waals surface area contributed by atoms with Crippen molar-refractivity contribution in [3.05, 3.63) is 12.7 Å². The van der Waals surface area contributed by atoms with Gasteiger partial charge in [0.15, 0.2) is 0 Å². The summed E-state index contributed by atoms with van der Waals surface area (Å²) >= 11 is 0. The molecule has 0 aromatic heterocycles. The van der Waals surface area contributed by atoms with Crippen LogP contribution in [0.4, 0.5) is 0 Å². The molecule has 1 saturated heterocycles. The minimum absolute atomic E-state index is 0.666. The summed E-state index contributed by atoms with van der Waals surface area (Å²) in [5, 5.41) is 0. The summed E-state index contributed by atoms with van der Waals surface area (Å²) in [6.07, 6.45) is 0.666. The van der Waals surface area contributed by atoms with E-state index in [4.69, 9.17) is 9.79 Å². The molecular formula is C5H9O7P. The smallest absolute Gasteiger partial charge is 0.367 e. The lowest BCUT2D eigenvalue weighted by molar-refractivity contribution is -0.382. The number of carbonyl (C=O) groups excluding carboxylic acids is 1. The van der Waals surface area contributed by atoms with Crippen molar-refractivity contribution in [2.24, 2.45) is 0 Å². The van der Waals surface area contributed by atoms with Gasteiger partial charge in [-0.05, 0) is 0 Å². The van der Waals surface area contributed by atoms with Gasteiger partial charge in [0.25, 0.3) is 0 Å². The average molecular weight is 212 g/mol. The predicted octanol–water partition coefficient (Wildman–Crippen LogP) is -0.243. The predicted molar refractivity (Wildman–Crippen MR) is 40.2 cm³/mol. The molecule has 0 saturated carbocycles. The first-order chi connectivity index (χ1) is 5.95. The molecule has 0 aromatic carbocycles. The highest BCUT2D eigenvalue weighted by molar-refractivity contribution is 7.46. The molecule has 1 fully saturated rings. The van der Waals surface area contributed by atoms with Crippen LogP contribution < -0.4 is 0 Å². The molecule has 0 spiro atoms. The van der Waals surface area contributed by atoms with Gasteiger partial charge in [0.2, 0.25) is 0 Å². The van der Waals surface area contributed by atoms with Gasteiger partial charge in [-0.25, -0.2) is 19.1 Å². The van der Waals surface area contributed by atoms with Crippen molar-refractivity contribution in [1.82, 2.24) is 0 Å². The molecule has 1 aliphatic heterocycles. The number of phosphoric ester groups is 1. The molecule has 1 rings (SSSR count). The molecule has 0 amide bonds. The molecule has 7 nitrogen and oxygen atoms in total. The number of rotatable bonds is 2. The monoisotopic (exact) mass is 212 g/mol. The molecule has 76 valence electrons. The van der Waals surface area contributed by atoms with Crippen molar-refractivity contribution in [3.63, 3.8) is 0 Å². The Balaban J connectivity index is 0.000000293. The van der Waals surface area contributed by atoms with Crippen molar-refractivity contribution in [1.29, 1.82) is 0 Å². The standard InChI is InChI=1S/C3H5O5P.C2H4O2/c1-2-3(4)8-9(5,6)7;1-2-4-3-1/h2H,1H2,(H2,5,6,7);1-2H2. The summed E-state index contributed by atoms with van der Waals surface area (Å²) in [6.45, 7) is 4.48. The molecule has 1 aliphatic rings. The molecule has 0 aromatic rings. The number of carbonyl (C=O) groups is 1. The number of hydrogen-bond donors (Lipinski definition) is 2. The Morgan fingerprint density at radius 1 is 1.46 bits per heavy atom. The molecule has 8 heteroatoms. The largest absolute Gasteiger partial charge is 0.527 e. The Morgan fingerprint density at radius 3 is 1.92 bits per heavy atom. The van der Waals surface area contributed by atoms with Gasteiger partial charge in [-0.3, -0.25) is 9.79 Å². The van der Waals surface area contributed by atoms with Crippen molar-refractivity contribution in [2.75, 3.05) is 13.2 Å². The highest BCUT2D eigenvalue weighted by Crippen LogP contribution is 2.35. The second kappa shape index (κ2) is 5.85. The van der Waals surface area contributed by atoms with Gasteiger partial charge in [-0.2, -0.15) is 0 Å². The minimum Gasteiger partial charge on any atom is -0.367 e. The first-order valence-electron chi connectivity index (χ1n) is 3.11. The normalized spacial score (nSPS) is 14.6. The van der Waals surface area contributed by atoms with E-state index in [9.17, 15) is 9.36 Å². The van der Waals surface area contributed by atoms with Gasteiger partial charge in [-0.15, -0.1) is 0 Å². The van der Waals surface area contributed by atoms with Crippen LogP contribution in [-0.4, -0.2) is 29.0 Å². The van der Waals surface area contributed by atoms with Crippen molar-refractivity contribution in [3.8, 4) is 0 Å². The molecular weight excluding hydrogens is 203 g/mol. The van der Waals surface area contributed by atoms with Crippen LogP contribution in [-0.2, 0) is 23.7 Å². The summed E-state index contributed by atoms with van der Waals surface area (Å²) in [7, 11) is -4.66. The Labute approximate surface area is 74.1 Å². The van der Waals surface area contributed by atoms with Crippen LogP contribution in [0, 0.1) is 0 Å². The molecule has 0 bridgehead atoms. The lowest BCUT2D eigenvalue weighted by Gasteiger charge is -2.08. The highest BCUT2D eigenvalue weighted by Gasteiger charge is 2.17. The van der Waals surface area contributed by atoms with Crippen molar-refractivity contribution >= 4 is 13.8 Å². The fraction of sp³-hybridized carbons (Fsp3) is 0.400. The fourth-order valence-electron chi connectivity index (χ4n) is 0.238. The zero-order valence-electron chi connectivity index (χ0n) is 6.58.